The van der Waals surface area contributed by atoms with E-state index in [1.165, 1.54) is 29.8 Å². The van der Waals surface area contributed by atoms with E-state index in [0.29, 0.717) is 5.92 Å². The number of hydrogen-bond acceptors (Lipinski definition) is 4. The summed E-state index contributed by atoms with van der Waals surface area (Å²) in [6, 6.07) is 12.5. The molecular formula is C21H30N4OS. The van der Waals surface area contributed by atoms with Crippen molar-refractivity contribution in [2.24, 2.45) is 10.9 Å². The van der Waals surface area contributed by atoms with E-state index in [4.69, 9.17) is 4.74 Å². The van der Waals surface area contributed by atoms with E-state index in [1.54, 1.807) is 7.11 Å². The van der Waals surface area contributed by atoms with E-state index in [2.05, 4.69) is 44.1 Å². The maximum atomic E-state index is 5.28. The highest BCUT2D eigenvalue weighted by Crippen LogP contribution is 2.20. The quantitative estimate of drug-likeness (QED) is 0.566. The lowest BCUT2D eigenvalue weighted by Gasteiger charge is -2.32. The maximum absolute atomic E-state index is 5.28. The zero-order valence-electron chi connectivity index (χ0n) is 16.3. The molecule has 6 heteroatoms. The van der Waals surface area contributed by atoms with E-state index in [1.807, 2.05) is 36.6 Å². The molecule has 0 aliphatic carbocycles. The number of aliphatic imine (C=N–C) groups is 1. The van der Waals surface area contributed by atoms with Crippen LogP contribution in [0.1, 0.15) is 23.3 Å². The van der Waals surface area contributed by atoms with Crippen molar-refractivity contribution < 1.29 is 4.74 Å². The summed E-state index contributed by atoms with van der Waals surface area (Å²) >= 11 is 1.85. The van der Waals surface area contributed by atoms with Gasteiger partial charge in [0.1, 0.15) is 5.75 Å². The highest BCUT2D eigenvalue weighted by molar-refractivity contribution is 7.09. The van der Waals surface area contributed by atoms with E-state index in [9.17, 15) is 0 Å². The molecule has 1 aromatic carbocycles. The van der Waals surface area contributed by atoms with Crippen molar-refractivity contribution in [3.8, 4) is 5.75 Å². The van der Waals surface area contributed by atoms with Crippen molar-refractivity contribution in [3.05, 3.63) is 52.2 Å². The molecule has 27 heavy (non-hydrogen) atoms. The van der Waals surface area contributed by atoms with Crippen molar-refractivity contribution in [1.82, 2.24) is 15.5 Å². The third-order valence-electron chi connectivity index (χ3n) is 4.94. The van der Waals surface area contributed by atoms with Gasteiger partial charge in [0.15, 0.2) is 5.96 Å². The Labute approximate surface area is 166 Å². The molecular weight excluding hydrogens is 356 g/mol. The van der Waals surface area contributed by atoms with Gasteiger partial charge in [-0.05, 0) is 54.4 Å². The summed E-state index contributed by atoms with van der Waals surface area (Å²) in [5.74, 6) is 2.40. The van der Waals surface area contributed by atoms with Gasteiger partial charge in [-0.15, -0.1) is 11.3 Å². The number of ether oxygens (including phenoxy) is 1. The predicted octanol–water partition coefficient (Wildman–Crippen LogP) is 3.33. The lowest BCUT2D eigenvalue weighted by Crippen LogP contribution is -2.44. The maximum Gasteiger partial charge on any atom is 0.191 e. The first kappa shape index (κ1) is 19.7. The molecule has 0 spiro atoms. The van der Waals surface area contributed by atoms with Crippen LogP contribution < -0.4 is 15.4 Å². The molecule has 1 unspecified atom stereocenters. The molecule has 1 atom stereocenters. The predicted molar refractivity (Wildman–Crippen MR) is 114 cm³/mol. The molecule has 1 aliphatic rings. The fourth-order valence-electron chi connectivity index (χ4n) is 3.51. The van der Waals surface area contributed by atoms with Crippen LogP contribution in [0.2, 0.25) is 0 Å². The first-order valence-electron chi connectivity index (χ1n) is 9.59. The zero-order chi connectivity index (χ0) is 18.9. The summed E-state index contributed by atoms with van der Waals surface area (Å²) in [5.41, 5.74) is 1.18. The summed E-state index contributed by atoms with van der Waals surface area (Å²) in [5, 5.41) is 9.06. The van der Waals surface area contributed by atoms with E-state index >= 15 is 0 Å². The summed E-state index contributed by atoms with van der Waals surface area (Å²) in [7, 11) is 3.52. The van der Waals surface area contributed by atoms with Crippen LogP contribution in [0.4, 0.5) is 0 Å². The number of benzene rings is 1. The highest BCUT2D eigenvalue weighted by atomic mass is 32.1. The third kappa shape index (κ3) is 6.26. The molecule has 2 aromatic rings. The second-order valence-electron chi connectivity index (χ2n) is 6.98. The van der Waals surface area contributed by atoms with Crippen LogP contribution in [-0.4, -0.2) is 44.7 Å². The van der Waals surface area contributed by atoms with Gasteiger partial charge in [0.2, 0.25) is 0 Å². The topological polar surface area (TPSA) is 48.9 Å². The van der Waals surface area contributed by atoms with Gasteiger partial charge in [0, 0.05) is 38.1 Å². The van der Waals surface area contributed by atoms with Crippen LogP contribution in [0.3, 0.4) is 0 Å². The molecule has 1 saturated heterocycles. The smallest absolute Gasteiger partial charge is 0.191 e. The standard InChI is InChI=1S/C21H30N4OS/c1-22-21(23-13-17-6-3-8-19(12-17)26-2)24-14-18-7-4-10-25(15-18)16-20-9-5-11-27-20/h3,5-6,8-9,11-12,18H,4,7,10,13-16H2,1-2H3,(H2,22,23,24). The van der Waals surface area contributed by atoms with Crippen LogP contribution in [0.25, 0.3) is 0 Å². The van der Waals surface area contributed by atoms with Gasteiger partial charge in [0.05, 0.1) is 7.11 Å². The Hall–Kier alpha value is -2.05. The van der Waals surface area contributed by atoms with Gasteiger partial charge in [-0.2, -0.15) is 0 Å². The molecule has 0 saturated carbocycles. The first-order valence-corrected chi connectivity index (χ1v) is 10.5. The number of nitrogens with one attached hydrogen (secondary N) is 2. The van der Waals surface area contributed by atoms with Crippen molar-refractivity contribution in [2.75, 3.05) is 33.8 Å². The number of hydrogen-bond donors (Lipinski definition) is 2. The van der Waals surface area contributed by atoms with E-state index in [0.717, 1.165) is 37.9 Å². The minimum atomic E-state index is 0.661. The van der Waals surface area contributed by atoms with Gasteiger partial charge in [-0.3, -0.25) is 9.89 Å². The average molecular weight is 387 g/mol. The number of methoxy groups -OCH3 is 1. The number of nitrogens with zero attached hydrogens (tertiary/aromatic N) is 2. The van der Waals surface area contributed by atoms with Crippen LogP contribution >= 0.6 is 11.3 Å². The average Bonchev–Trinajstić information content (AvgIpc) is 3.21. The molecule has 146 valence electrons. The lowest BCUT2D eigenvalue weighted by atomic mass is 9.98. The number of guanidine groups is 1. The number of thiophene rings is 1. The Balaban J connectivity index is 1.43. The molecule has 0 bridgehead atoms. The zero-order valence-corrected chi connectivity index (χ0v) is 17.1. The Kier molecular flexibility index (Phi) is 7.54. The Morgan fingerprint density at radius 2 is 2.22 bits per heavy atom. The Bertz CT molecular complexity index is 717. The number of piperidine rings is 1. The van der Waals surface area contributed by atoms with Crippen LogP contribution in [0.15, 0.2) is 46.8 Å². The number of rotatable bonds is 7. The molecule has 0 amide bonds. The summed E-state index contributed by atoms with van der Waals surface area (Å²) in [6.45, 7) is 5.12. The fraction of sp³-hybridized carbons (Fsp3) is 0.476. The molecule has 1 aliphatic heterocycles. The molecule has 1 aromatic heterocycles. The second kappa shape index (κ2) is 10.3. The van der Waals surface area contributed by atoms with Crippen molar-refractivity contribution in [3.63, 3.8) is 0 Å². The van der Waals surface area contributed by atoms with Crippen molar-refractivity contribution >= 4 is 17.3 Å². The fourth-order valence-corrected chi connectivity index (χ4v) is 4.26. The largest absolute Gasteiger partial charge is 0.497 e. The normalized spacial score (nSPS) is 18.3. The molecule has 2 N–H and O–H groups in total. The van der Waals surface area contributed by atoms with Crippen molar-refractivity contribution in [2.45, 2.75) is 25.9 Å². The monoisotopic (exact) mass is 386 g/mol. The van der Waals surface area contributed by atoms with E-state index in [-0.39, 0.29) is 0 Å². The highest BCUT2D eigenvalue weighted by Gasteiger charge is 2.20. The van der Waals surface area contributed by atoms with Crippen molar-refractivity contribution in [1.29, 1.82) is 0 Å². The number of likely N-dealkylation sites (tertiary alicyclic amines) is 1. The summed E-state index contributed by atoms with van der Waals surface area (Å²) in [4.78, 5) is 8.40. The molecule has 5 nitrogen and oxygen atoms in total. The summed E-state index contributed by atoms with van der Waals surface area (Å²) < 4.78 is 5.28. The Morgan fingerprint density at radius 3 is 3.00 bits per heavy atom. The second-order valence-corrected chi connectivity index (χ2v) is 8.01. The first-order chi connectivity index (χ1) is 13.3. The molecule has 1 fully saturated rings. The van der Waals surface area contributed by atoms with Gasteiger partial charge in [-0.1, -0.05) is 18.2 Å². The van der Waals surface area contributed by atoms with E-state index < -0.39 is 0 Å². The minimum Gasteiger partial charge on any atom is -0.497 e. The molecule has 3 rings (SSSR count). The van der Waals surface area contributed by atoms with Crippen LogP contribution in [0.5, 0.6) is 5.75 Å². The Morgan fingerprint density at radius 1 is 1.30 bits per heavy atom. The van der Waals surface area contributed by atoms with Crippen LogP contribution in [0, 0.1) is 5.92 Å². The third-order valence-corrected chi connectivity index (χ3v) is 5.80. The summed E-state index contributed by atoms with van der Waals surface area (Å²) in [6.07, 6.45) is 2.55. The lowest BCUT2D eigenvalue weighted by molar-refractivity contribution is 0.169. The van der Waals surface area contributed by atoms with Gasteiger partial charge < -0.3 is 15.4 Å². The van der Waals surface area contributed by atoms with Crippen LogP contribution in [-0.2, 0) is 13.1 Å². The molecule has 2 heterocycles. The molecule has 0 radical (unpaired) electrons. The van der Waals surface area contributed by atoms with Gasteiger partial charge in [-0.25, -0.2) is 0 Å². The SMILES string of the molecule is CN=C(NCc1cccc(OC)c1)NCC1CCCN(Cc2cccs2)C1. The van der Waals surface area contributed by atoms with Gasteiger partial charge >= 0.3 is 0 Å². The van der Waals surface area contributed by atoms with Gasteiger partial charge in [0.25, 0.3) is 0 Å². The minimum absolute atomic E-state index is 0.661.